The van der Waals surface area contributed by atoms with E-state index in [9.17, 15) is 5.11 Å². The van der Waals surface area contributed by atoms with E-state index in [0.29, 0.717) is 25.6 Å². The number of aliphatic hydroxyl groups excluding tert-OH is 1. The Balaban J connectivity index is 2.01. The molecule has 1 spiro atoms. The van der Waals surface area contributed by atoms with Crippen LogP contribution in [0, 0.1) is 5.92 Å². The monoisotopic (exact) mass is 172 g/mol. The smallest absolute Gasteiger partial charge is 0.170 e. The van der Waals surface area contributed by atoms with Crippen LogP contribution in [0.2, 0.25) is 0 Å². The molecule has 0 aromatic carbocycles. The van der Waals surface area contributed by atoms with E-state index >= 15 is 0 Å². The summed E-state index contributed by atoms with van der Waals surface area (Å²) in [5.74, 6) is -0.0326. The van der Waals surface area contributed by atoms with Crippen molar-refractivity contribution in [1.82, 2.24) is 0 Å². The highest BCUT2D eigenvalue weighted by atomic mass is 16.7. The molecule has 2 fully saturated rings. The van der Waals surface area contributed by atoms with Crippen LogP contribution in [0.4, 0.5) is 0 Å². The standard InChI is InChI=1S/C9H16O3/c1-7-2-3-9(6-8(7)10)11-4-5-12-9/h7-8,10H,2-6H2,1H3/t7?,8-/m1/s1. The van der Waals surface area contributed by atoms with Crippen LogP contribution in [-0.4, -0.2) is 30.2 Å². The summed E-state index contributed by atoms with van der Waals surface area (Å²) in [6.07, 6.45) is 2.33. The second kappa shape index (κ2) is 2.98. The van der Waals surface area contributed by atoms with Gasteiger partial charge in [0, 0.05) is 12.8 Å². The highest BCUT2D eigenvalue weighted by molar-refractivity contribution is 4.86. The third-order valence-electron chi connectivity index (χ3n) is 2.97. The first kappa shape index (κ1) is 8.48. The third kappa shape index (κ3) is 1.37. The third-order valence-corrected chi connectivity index (χ3v) is 2.97. The van der Waals surface area contributed by atoms with Gasteiger partial charge in [-0.3, -0.25) is 0 Å². The zero-order chi connectivity index (χ0) is 8.60. The average Bonchev–Trinajstić information content (AvgIpc) is 2.47. The van der Waals surface area contributed by atoms with E-state index in [2.05, 4.69) is 6.92 Å². The van der Waals surface area contributed by atoms with Gasteiger partial charge in [0.05, 0.1) is 19.3 Å². The molecule has 1 aliphatic carbocycles. The topological polar surface area (TPSA) is 38.7 Å². The van der Waals surface area contributed by atoms with Gasteiger partial charge in [-0.15, -0.1) is 0 Å². The van der Waals surface area contributed by atoms with E-state index in [0.717, 1.165) is 12.8 Å². The highest BCUT2D eigenvalue weighted by Crippen LogP contribution is 2.38. The van der Waals surface area contributed by atoms with Gasteiger partial charge in [0.15, 0.2) is 5.79 Å². The highest BCUT2D eigenvalue weighted by Gasteiger charge is 2.43. The number of ether oxygens (including phenoxy) is 2. The molecule has 0 aromatic rings. The summed E-state index contributed by atoms with van der Waals surface area (Å²) in [6, 6.07) is 0. The van der Waals surface area contributed by atoms with Crippen molar-refractivity contribution in [3.05, 3.63) is 0 Å². The van der Waals surface area contributed by atoms with Gasteiger partial charge in [-0.05, 0) is 12.3 Å². The number of aliphatic hydroxyl groups is 1. The van der Waals surface area contributed by atoms with Crippen LogP contribution in [0.25, 0.3) is 0 Å². The predicted octanol–water partition coefficient (Wildman–Crippen LogP) is 0.910. The molecule has 2 atom stereocenters. The predicted molar refractivity (Wildman–Crippen MR) is 43.7 cm³/mol. The molecule has 1 aliphatic heterocycles. The van der Waals surface area contributed by atoms with Crippen LogP contribution in [0.3, 0.4) is 0 Å². The lowest BCUT2D eigenvalue weighted by molar-refractivity contribution is -0.203. The number of hydrogen-bond acceptors (Lipinski definition) is 3. The quantitative estimate of drug-likeness (QED) is 0.590. The zero-order valence-electron chi connectivity index (χ0n) is 7.45. The SMILES string of the molecule is CC1CCC2(C[C@H]1O)OCCO2. The lowest BCUT2D eigenvalue weighted by Gasteiger charge is -2.37. The molecule has 3 heteroatoms. The molecule has 1 N–H and O–H groups in total. The van der Waals surface area contributed by atoms with Gasteiger partial charge in [0.2, 0.25) is 0 Å². The van der Waals surface area contributed by atoms with Crippen molar-refractivity contribution in [1.29, 1.82) is 0 Å². The van der Waals surface area contributed by atoms with Gasteiger partial charge in [-0.1, -0.05) is 6.92 Å². The molecule has 12 heavy (non-hydrogen) atoms. The van der Waals surface area contributed by atoms with Crippen LogP contribution < -0.4 is 0 Å². The summed E-state index contributed by atoms with van der Waals surface area (Å²) in [5.41, 5.74) is 0. The molecule has 0 amide bonds. The van der Waals surface area contributed by atoms with E-state index in [1.54, 1.807) is 0 Å². The van der Waals surface area contributed by atoms with Crippen LogP contribution in [0.15, 0.2) is 0 Å². The van der Waals surface area contributed by atoms with Crippen molar-refractivity contribution in [2.75, 3.05) is 13.2 Å². The maximum atomic E-state index is 9.64. The Bertz CT molecular complexity index is 163. The van der Waals surface area contributed by atoms with Crippen LogP contribution in [-0.2, 0) is 9.47 Å². The van der Waals surface area contributed by atoms with E-state index < -0.39 is 5.79 Å². The summed E-state index contributed by atoms with van der Waals surface area (Å²) in [4.78, 5) is 0. The fourth-order valence-electron chi connectivity index (χ4n) is 2.02. The number of hydrogen-bond donors (Lipinski definition) is 1. The van der Waals surface area contributed by atoms with E-state index in [1.165, 1.54) is 0 Å². The summed E-state index contributed by atoms with van der Waals surface area (Å²) in [7, 11) is 0. The Kier molecular flexibility index (Phi) is 2.10. The second-order valence-electron chi connectivity index (χ2n) is 3.90. The minimum absolute atomic E-state index is 0.253. The Morgan fingerprint density at radius 3 is 2.58 bits per heavy atom. The van der Waals surface area contributed by atoms with Crippen molar-refractivity contribution in [2.24, 2.45) is 5.92 Å². The molecule has 3 nitrogen and oxygen atoms in total. The minimum Gasteiger partial charge on any atom is -0.393 e. The summed E-state index contributed by atoms with van der Waals surface area (Å²) in [5, 5.41) is 9.64. The molecule has 2 aliphatic rings. The molecule has 1 saturated carbocycles. The Hall–Kier alpha value is -0.120. The second-order valence-corrected chi connectivity index (χ2v) is 3.90. The molecular formula is C9H16O3. The molecule has 1 heterocycles. The van der Waals surface area contributed by atoms with Crippen LogP contribution >= 0.6 is 0 Å². The molecule has 0 bridgehead atoms. The van der Waals surface area contributed by atoms with E-state index in [4.69, 9.17) is 9.47 Å². The van der Waals surface area contributed by atoms with Crippen molar-refractivity contribution < 1.29 is 14.6 Å². The Morgan fingerprint density at radius 1 is 1.33 bits per heavy atom. The first-order valence-electron chi connectivity index (χ1n) is 4.68. The minimum atomic E-state index is -0.425. The largest absolute Gasteiger partial charge is 0.393 e. The molecular weight excluding hydrogens is 156 g/mol. The fourth-order valence-corrected chi connectivity index (χ4v) is 2.02. The molecule has 0 aromatic heterocycles. The van der Waals surface area contributed by atoms with Gasteiger partial charge in [-0.2, -0.15) is 0 Å². The van der Waals surface area contributed by atoms with Crippen LogP contribution in [0.5, 0.6) is 0 Å². The zero-order valence-corrected chi connectivity index (χ0v) is 7.45. The molecule has 70 valence electrons. The first-order chi connectivity index (χ1) is 5.72. The maximum absolute atomic E-state index is 9.64. The van der Waals surface area contributed by atoms with Gasteiger partial charge in [0.25, 0.3) is 0 Å². The summed E-state index contributed by atoms with van der Waals surface area (Å²) in [6.45, 7) is 3.44. The van der Waals surface area contributed by atoms with Crippen molar-refractivity contribution >= 4 is 0 Å². The van der Waals surface area contributed by atoms with Gasteiger partial charge in [-0.25, -0.2) is 0 Å². The van der Waals surface area contributed by atoms with Crippen molar-refractivity contribution in [2.45, 2.75) is 38.1 Å². The molecule has 0 radical (unpaired) electrons. The Morgan fingerprint density at radius 2 is 2.00 bits per heavy atom. The fraction of sp³-hybridized carbons (Fsp3) is 1.00. The lowest BCUT2D eigenvalue weighted by Crippen LogP contribution is -2.42. The van der Waals surface area contributed by atoms with Gasteiger partial charge >= 0.3 is 0 Å². The van der Waals surface area contributed by atoms with Crippen molar-refractivity contribution in [3.8, 4) is 0 Å². The summed E-state index contributed by atoms with van der Waals surface area (Å²) < 4.78 is 11.0. The van der Waals surface area contributed by atoms with E-state index in [-0.39, 0.29) is 6.10 Å². The molecule has 1 saturated heterocycles. The first-order valence-corrected chi connectivity index (χ1v) is 4.68. The van der Waals surface area contributed by atoms with E-state index in [1.807, 2.05) is 0 Å². The van der Waals surface area contributed by atoms with Gasteiger partial charge in [0.1, 0.15) is 0 Å². The average molecular weight is 172 g/mol. The van der Waals surface area contributed by atoms with Crippen LogP contribution in [0.1, 0.15) is 26.2 Å². The molecule has 2 rings (SSSR count). The normalized spacial score (nSPS) is 40.5. The lowest BCUT2D eigenvalue weighted by atomic mass is 9.84. The molecule has 1 unspecified atom stereocenters. The maximum Gasteiger partial charge on any atom is 0.170 e. The number of rotatable bonds is 0. The van der Waals surface area contributed by atoms with Gasteiger partial charge < -0.3 is 14.6 Å². The Labute approximate surface area is 72.7 Å². The summed E-state index contributed by atoms with van der Waals surface area (Å²) >= 11 is 0. The van der Waals surface area contributed by atoms with Crippen molar-refractivity contribution in [3.63, 3.8) is 0 Å².